The molecule has 9 nitrogen and oxygen atoms in total. The topological polar surface area (TPSA) is 109 Å². The summed E-state index contributed by atoms with van der Waals surface area (Å²) < 4.78 is 50.8. The quantitative estimate of drug-likeness (QED) is 0.465. The summed E-state index contributed by atoms with van der Waals surface area (Å²) in [6, 6.07) is 12.2. The summed E-state index contributed by atoms with van der Waals surface area (Å²) in [6.45, 7) is 1.66. The number of hydrogen-bond acceptors (Lipinski definition) is 6. The van der Waals surface area contributed by atoms with E-state index in [2.05, 4.69) is 20.6 Å². The Morgan fingerprint density at radius 1 is 1.15 bits per heavy atom. The zero-order valence-electron chi connectivity index (χ0n) is 21.3. The normalized spacial score (nSPS) is 21.4. The minimum Gasteiger partial charge on any atom is -0.491 e. The summed E-state index contributed by atoms with van der Waals surface area (Å²) in [7, 11) is 0. The lowest BCUT2D eigenvalue weighted by Crippen LogP contribution is -2.61. The number of para-hydroxylation sites is 1. The van der Waals surface area contributed by atoms with Gasteiger partial charge in [-0.2, -0.15) is 13.2 Å². The fraction of sp³-hybridized carbons (Fsp3) is 0.444. The average Bonchev–Trinajstić information content (AvgIpc) is 3.33. The van der Waals surface area contributed by atoms with Crippen molar-refractivity contribution in [2.75, 3.05) is 44.7 Å². The van der Waals surface area contributed by atoms with E-state index in [-0.39, 0.29) is 35.9 Å². The van der Waals surface area contributed by atoms with Gasteiger partial charge in [0.25, 0.3) is 5.91 Å². The number of anilines is 1. The molecule has 3 N–H and O–H groups in total. The van der Waals surface area contributed by atoms with Gasteiger partial charge >= 0.3 is 6.18 Å². The lowest BCUT2D eigenvalue weighted by atomic mass is 9.91. The van der Waals surface area contributed by atoms with Crippen LogP contribution in [0.3, 0.4) is 0 Å². The SMILES string of the molecule is O=C(CN1CCOC2(CCCCc3ccccc3OCCNC2=O)C1)Nc1ccc2nc(C(F)(F)F)[nH]c2c1. The monoisotopic (exact) mass is 545 g/mol. The van der Waals surface area contributed by atoms with Crippen LogP contribution in [0.2, 0.25) is 0 Å². The van der Waals surface area contributed by atoms with Crippen LogP contribution in [0.25, 0.3) is 11.0 Å². The molecule has 39 heavy (non-hydrogen) atoms. The molecule has 12 heteroatoms. The number of imidazole rings is 1. The van der Waals surface area contributed by atoms with Gasteiger partial charge in [-0.25, -0.2) is 4.98 Å². The number of amides is 2. The molecule has 2 aliphatic heterocycles. The lowest BCUT2D eigenvalue weighted by Gasteiger charge is -2.41. The molecule has 1 fully saturated rings. The van der Waals surface area contributed by atoms with Crippen LogP contribution >= 0.6 is 0 Å². The van der Waals surface area contributed by atoms with Crippen molar-refractivity contribution in [1.82, 2.24) is 20.2 Å². The lowest BCUT2D eigenvalue weighted by molar-refractivity contribution is -0.163. The number of morpholine rings is 1. The van der Waals surface area contributed by atoms with Crippen LogP contribution in [0.15, 0.2) is 42.5 Å². The number of alkyl halides is 3. The van der Waals surface area contributed by atoms with Gasteiger partial charge in [-0.3, -0.25) is 14.5 Å². The zero-order chi connectivity index (χ0) is 27.5. The number of ether oxygens (including phenoxy) is 2. The van der Waals surface area contributed by atoms with Gasteiger partial charge in [0.1, 0.15) is 12.4 Å². The maximum Gasteiger partial charge on any atom is 0.449 e. The molecular weight excluding hydrogens is 515 g/mol. The molecule has 5 rings (SSSR count). The minimum absolute atomic E-state index is 0.00366. The number of rotatable bonds is 3. The molecule has 0 radical (unpaired) electrons. The van der Waals surface area contributed by atoms with E-state index < -0.39 is 17.6 Å². The number of aromatic nitrogens is 2. The highest BCUT2D eigenvalue weighted by atomic mass is 19.4. The van der Waals surface area contributed by atoms with Crippen molar-refractivity contribution in [1.29, 1.82) is 0 Å². The fourth-order valence-corrected chi connectivity index (χ4v) is 5.08. The van der Waals surface area contributed by atoms with Gasteiger partial charge in [0, 0.05) is 18.8 Å². The molecule has 3 heterocycles. The number of nitrogens with one attached hydrogen (secondary N) is 3. The van der Waals surface area contributed by atoms with Crippen LogP contribution in [-0.2, 0) is 26.9 Å². The number of carbonyl (C=O) groups is 2. The summed E-state index contributed by atoms with van der Waals surface area (Å²) >= 11 is 0. The summed E-state index contributed by atoms with van der Waals surface area (Å²) in [6.07, 6.45) is -1.65. The van der Waals surface area contributed by atoms with Crippen LogP contribution in [0, 0.1) is 0 Å². The number of halogens is 3. The third-order valence-electron chi connectivity index (χ3n) is 6.97. The molecule has 1 unspecified atom stereocenters. The highest BCUT2D eigenvalue weighted by Crippen LogP contribution is 2.30. The van der Waals surface area contributed by atoms with E-state index in [0.717, 1.165) is 30.6 Å². The molecule has 1 aromatic heterocycles. The molecule has 1 spiro atoms. The molecule has 1 atom stereocenters. The summed E-state index contributed by atoms with van der Waals surface area (Å²) in [5.41, 5.74) is 0.709. The molecule has 2 amide bonds. The van der Waals surface area contributed by atoms with Gasteiger partial charge in [0.05, 0.1) is 30.7 Å². The predicted molar refractivity (Wildman–Crippen MR) is 137 cm³/mol. The van der Waals surface area contributed by atoms with E-state index >= 15 is 0 Å². The second-order valence-electron chi connectivity index (χ2n) is 9.84. The Bertz CT molecular complexity index is 1340. The molecule has 2 aliphatic rings. The molecule has 3 aromatic rings. The van der Waals surface area contributed by atoms with Gasteiger partial charge in [0.2, 0.25) is 11.7 Å². The van der Waals surface area contributed by atoms with E-state index in [1.165, 1.54) is 18.2 Å². The van der Waals surface area contributed by atoms with E-state index in [1.807, 2.05) is 29.2 Å². The number of hydrogen-bond donors (Lipinski definition) is 3. The minimum atomic E-state index is -4.59. The van der Waals surface area contributed by atoms with E-state index in [9.17, 15) is 22.8 Å². The van der Waals surface area contributed by atoms with E-state index in [4.69, 9.17) is 9.47 Å². The van der Waals surface area contributed by atoms with Crippen LogP contribution in [-0.4, -0.2) is 71.7 Å². The standard InChI is InChI=1S/C27H30F3N5O4/c28-27(29,30)24-33-20-9-8-19(15-21(20)34-24)32-23(36)16-35-12-14-39-26(17-35)10-4-3-6-18-5-1-2-7-22(18)38-13-11-31-25(26)37/h1-2,5,7-9,15H,3-4,6,10-14,16-17H2,(H,31,37)(H,32,36)(H,33,34). The molecule has 1 saturated heterocycles. The zero-order valence-corrected chi connectivity index (χ0v) is 21.3. The van der Waals surface area contributed by atoms with Crippen molar-refractivity contribution in [3.05, 3.63) is 53.9 Å². The van der Waals surface area contributed by atoms with Gasteiger partial charge < -0.3 is 25.1 Å². The number of fused-ring (bicyclic) bond motifs is 2. The molecule has 208 valence electrons. The molecular formula is C27H30F3N5O4. The van der Waals surface area contributed by atoms with Crippen molar-refractivity contribution in [2.45, 2.75) is 37.5 Å². The largest absolute Gasteiger partial charge is 0.491 e. The van der Waals surface area contributed by atoms with Crippen LogP contribution < -0.4 is 15.4 Å². The van der Waals surface area contributed by atoms with Gasteiger partial charge in [-0.1, -0.05) is 18.2 Å². The number of aromatic amines is 1. The average molecular weight is 546 g/mol. The summed E-state index contributed by atoms with van der Waals surface area (Å²) in [5.74, 6) is -0.831. The smallest absolute Gasteiger partial charge is 0.449 e. The number of H-pyrrole nitrogens is 1. The fourth-order valence-electron chi connectivity index (χ4n) is 5.08. The second kappa shape index (κ2) is 11.2. The molecule has 0 saturated carbocycles. The molecule has 2 aromatic carbocycles. The Morgan fingerprint density at radius 2 is 2.00 bits per heavy atom. The maximum absolute atomic E-state index is 13.3. The van der Waals surface area contributed by atoms with Crippen LogP contribution in [0.1, 0.15) is 30.7 Å². The first kappa shape index (κ1) is 26.9. The van der Waals surface area contributed by atoms with Crippen molar-refractivity contribution in [2.24, 2.45) is 0 Å². The Kier molecular flexibility index (Phi) is 7.76. The highest BCUT2D eigenvalue weighted by molar-refractivity contribution is 5.94. The summed E-state index contributed by atoms with van der Waals surface area (Å²) in [5, 5.41) is 5.66. The van der Waals surface area contributed by atoms with Gasteiger partial charge in [-0.05, 0) is 55.5 Å². The third-order valence-corrected chi connectivity index (χ3v) is 6.97. The molecule has 0 aliphatic carbocycles. The highest BCUT2D eigenvalue weighted by Gasteiger charge is 2.43. The van der Waals surface area contributed by atoms with Crippen molar-refractivity contribution in [3.8, 4) is 5.75 Å². The van der Waals surface area contributed by atoms with E-state index in [0.29, 0.717) is 38.4 Å². The van der Waals surface area contributed by atoms with Gasteiger partial charge in [0.15, 0.2) is 5.60 Å². The van der Waals surface area contributed by atoms with Crippen LogP contribution in [0.5, 0.6) is 5.75 Å². The van der Waals surface area contributed by atoms with Crippen LogP contribution in [0.4, 0.5) is 18.9 Å². The Hall–Kier alpha value is -3.64. The molecule has 0 bridgehead atoms. The summed E-state index contributed by atoms with van der Waals surface area (Å²) in [4.78, 5) is 33.8. The Balaban J connectivity index is 1.22. The van der Waals surface area contributed by atoms with Crippen molar-refractivity contribution >= 4 is 28.5 Å². The second-order valence-corrected chi connectivity index (χ2v) is 9.84. The van der Waals surface area contributed by atoms with Gasteiger partial charge in [-0.15, -0.1) is 0 Å². The van der Waals surface area contributed by atoms with E-state index in [1.54, 1.807) is 0 Å². The first-order valence-electron chi connectivity index (χ1n) is 12.9. The first-order chi connectivity index (χ1) is 18.7. The van der Waals surface area contributed by atoms with Crippen molar-refractivity contribution in [3.63, 3.8) is 0 Å². The third kappa shape index (κ3) is 6.34. The number of benzene rings is 2. The Morgan fingerprint density at radius 3 is 2.85 bits per heavy atom. The predicted octanol–water partition coefficient (Wildman–Crippen LogP) is 3.51. The Labute approximate surface area is 223 Å². The van der Waals surface area contributed by atoms with Crippen molar-refractivity contribution < 1.29 is 32.2 Å². The maximum atomic E-state index is 13.3. The number of nitrogens with zero attached hydrogens (tertiary/aromatic N) is 2. The first-order valence-corrected chi connectivity index (χ1v) is 12.9. The number of carbonyl (C=O) groups excluding carboxylic acids is 2. The number of aryl methyl sites for hydroxylation is 1.